The summed E-state index contributed by atoms with van der Waals surface area (Å²) in [6.07, 6.45) is -1.24. The average Bonchev–Trinajstić information content (AvgIpc) is 2.99. The summed E-state index contributed by atoms with van der Waals surface area (Å²) in [6.45, 7) is 0. The van der Waals surface area contributed by atoms with Crippen molar-refractivity contribution in [1.29, 1.82) is 0 Å². The van der Waals surface area contributed by atoms with Crippen LogP contribution in [0.2, 0.25) is 0 Å². The van der Waals surface area contributed by atoms with E-state index >= 15 is 0 Å². The number of benzene rings is 5. The van der Waals surface area contributed by atoms with Gasteiger partial charge >= 0.3 is 0 Å². The number of aliphatic hydroxyl groups excluding tert-OH is 1. The quantitative estimate of drug-likeness (QED) is 0.310. The van der Waals surface area contributed by atoms with Gasteiger partial charge in [0, 0.05) is 49.5 Å². The standard InChI is InChI=1S/C32H22N2O6/c1-39-25-15-13-23-27-19(25)5-3-7-21(27)29(35)33(31(23)37)17-9-11-18(12-10-17)34-30(36)22-8-4-6-20-26(40-2)16-14-24(28(20)22)32(34)38/h3-16,29,35H,1-2H3. The monoisotopic (exact) mass is 530 g/mol. The zero-order chi connectivity index (χ0) is 27.7. The van der Waals surface area contributed by atoms with Gasteiger partial charge in [0.2, 0.25) is 0 Å². The number of carbonyl (C=O) groups excluding carboxylic acids is 3. The Bertz CT molecular complexity index is 1890. The van der Waals surface area contributed by atoms with Crippen molar-refractivity contribution < 1.29 is 29.0 Å². The van der Waals surface area contributed by atoms with Crippen LogP contribution < -0.4 is 19.3 Å². The molecule has 8 nitrogen and oxygen atoms in total. The Hall–Kier alpha value is -5.21. The molecule has 0 saturated heterocycles. The number of carbonyl (C=O) groups is 3. The first kappa shape index (κ1) is 23.9. The lowest BCUT2D eigenvalue weighted by atomic mass is 9.92. The van der Waals surface area contributed by atoms with Crippen LogP contribution >= 0.6 is 0 Å². The number of hydrogen-bond acceptors (Lipinski definition) is 6. The van der Waals surface area contributed by atoms with Crippen LogP contribution in [0, 0.1) is 0 Å². The zero-order valence-electron chi connectivity index (χ0n) is 21.5. The fourth-order valence-corrected chi connectivity index (χ4v) is 5.86. The maximum Gasteiger partial charge on any atom is 0.265 e. The van der Waals surface area contributed by atoms with E-state index < -0.39 is 18.0 Å². The number of nitrogens with zero attached hydrogens (tertiary/aromatic N) is 2. The summed E-state index contributed by atoms with van der Waals surface area (Å²) < 4.78 is 10.9. The van der Waals surface area contributed by atoms with Crippen LogP contribution in [-0.4, -0.2) is 37.0 Å². The summed E-state index contributed by atoms with van der Waals surface area (Å²) in [6, 6.07) is 24.0. The molecule has 0 saturated carbocycles. The normalized spacial score (nSPS) is 16.2. The number of hydrogen-bond donors (Lipinski definition) is 1. The molecule has 7 rings (SSSR count). The van der Waals surface area contributed by atoms with Crippen LogP contribution in [0.3, 0.4) is 0 Å². The van der Waals surface area contributed by atoms with Gasteiger partial charge in [-0.1, -0.05) is 30.3 Å². The minimum atomic E-state index is -1.24. The van der Waals surface area contributed by atoms with Gasteiger partial charge in [-0.15, -0.1) is 0 Å². The number of aliphatic hydroxyl groups is 1. The van der Waals surface area contributed by atoms with Crippen LogP contribution in [0.4, 0.5) is 11.4 Å². The van der Waals surface area contributed by atoms with Crippen molar-refractivity contribution in [2.45, 2.75) is 6.23 Å². The molecule has 0 aliphatic carbocycles. The summed E-state index contributed by atoms with van der Waals surface area (Å²) in [5.41, 5.74) is 2.60. The Morgan fingerprint density at radius 3 is 1.75 bits per heavy atom. The smallest absolute Gasteiger partial charge is 0.265 e. The van der Waals surface area contributed by atoms with Crippen molar-refractivity contribution >= 4 is 50.6 Å². The van der Waals surface area contributed by atoms with Crippen molar-refractivity contribution in [3.05, 3.63) is 107 Å². The Balaban J connectivity index is 1.27. The van der Waals surface area contributed by atoms with E-state index in [-0.39, 0.29) is 5.91 Å². The molecule has 8 heteroatoms. The molecule has 0 fully saturated rings. The highest BCUT2D eigenvalue weighted by Crippen LogP contribution is 2.42. The first-order valence-corrected chi connectivity index (χ1v) is 12.6. The van der Waals surface area contributed by atoms with E-state index in [1.54, 1.807) is 80.9 Å². The van der Waals surface area contributed by atoms with Crippen LogP contribution in [-0.2, 0) is 0 Å². The number of ether oxygens (including phenoxy) is 2. The third-order valence-corrected chi connectivity index (χ3v) is 7.70. The van der Waals surface area contributed by atoms with Crippen molar-refractivity contribution in [3.8, 4) is 11.5 Å². The third-order valence-electron chi connectivity index (χ3n) is 7.70. The molecular weight excluding hydrogens is 508 g/mol. The van der Waals surface area contributed by atoms with E-state index in [2.05, 4.69) is 0 Å². The van der Waals surface area contributed by atoms with Gasteiger partial charge in [-0.2, -0.15) is 0 Å². The number of methoxy groups -OCH3 is 2. The molecule has 1 atom stereocenters. The fraction of sp³-hybridized carbons (Fsp3) is 0.0938. The molecule has 0 spiro atoms. The maximum absolute atomic E-state index is 13.6. The lowest BCUT2D eigenvalue weighted by molar-refractivity contribution is 0.0870. The minimum Gasteiger partial charge on any atom is -0.496 e. The molecule has 0 bridgehead atoms. The first-order chi connectivity index (χ1) is 19.4. The molecule has 2 aliphatic heterocycles. The van der Waals surface area contributed by atoms with Crippen LogP contribution in [0.5, 0.6) is 11.5 Å². The summed E-state index contributed by atoms with van der Waals surface area (Å²) >= 11 is 0. The molecule has 0 radical (unpaired) electrons. The summed E-state index contributed by atoms with van der Waals surface area (Å²) in [5.74, 6) is -0.0730. The Morgan fingerprint density at radius 1 is 0.600 bits per heavy atom. The molecule has 0 aromatic heterocycles. The van der Waals surface area contributed by atoms with Gasteiger partial charge in [-0.25, -0.2) is 4.90 Å². The molecule has 40 heavy (non-hydrogen) atoms. The molecule has 196 valence electrons. The van der Waals surface area contributed by atoms with Gasteiger partial charge in [-0.3, -0.25) is 19.3 Å². The van der Waals surface area contributed by atoms with Crippen LogP contribution in [0.15, 0.2) is 84.9 Å². The second-order valence-electron chi connectivity index (χ2n) is 9.64. The van der Waals surface area contributed by atoms with Crippen molar-refractivity contribution in [3.63, 3.8) is 0 Å². The fourth-order valence-electron chi connectivity index (χ4n) is 5.86. The maximum atomic E-state index is 13.6. The van der Waals surface area contributed by atoms with Gasteiger partial charge in [0.25, 0.3) is 17.7 Å². The highest BCUT2D eigenvalue weighted by atomic mass is 16.5. The van der Waals surface area contributed by atoms with Gasteiger partial charge in [-0.05, 0) is 54.6 Å². The average molecular weight is 531 g/mol. The summed E-state index contributed by atoms with van der Waals surface area (Å²) in [7, 11) is 3.11. The van der Waals surface area contributed by atoms with E-state index in [1.165, 1.54) is 4.90 Å². The Kier molecular flexibility index (Phi) is 5.17. The van der Waals surface area contributed by atoms with E-state index in [1.807, 2.05) is 18.2 Å². The molecule has 1 N–H and O–H groups in total. The lowest BCUT2D eigenvalue weighted by Crippen LogP contribution is -2.40. The SMILES string of the molecule is COc1ccc2c3c(cccc13)C(=O)N(c1ccc(N3C(=O)c4ccc(OC)c5cccc(c45)C3O)cc1)C2=O. The zero-order valence-corrected chi connectivity index (χ0v) is 21.5. The summed E-state index contributed by atoms with van der Waals surface area (Å²) in [4.78, 5) is 43.1. The Labute approximate surface area is 228 Å². The molecule has 1 unspecified atom stereocenters. The minimum absolute atomic E-state index is 0.350. The topological polar surface area (TPSA) is 96.4 Å². The first-order valence-electron chi connectivity index (χ1n) is 12.6. The molecule has 5 aromatic carbocycles. The molecular formula is C32H22N2O6. The van der Waals surface area contributed by atoms with E-state index in [4.69, 9.17) is 9.47 Å². The number of anilines is 2. The number of rotatable bonds is 4. The molecule has 2 heterocycles. The van der Waals surface area contributed by atoms with Crippen molar-refractivity contribution in [2.75, 3.05) is 24.0 Å². The van der Waals surface area contributed by atoms with Gasteiger partial charge in [0.05, 0.1) is 19.9 Å². The molecule has 2 aliphatic rings. The highest BCUT2D eigenvalue weighted by Gasteiger charge is 2.37. The summed E-state index contributed by atoms with van der Waals surface area (Å²) in [5, 5.41) is 14.0. The molecule has 3 amide bonds. The predicted octanol–water partition coefficient (Wildman–Crippen LogP) is 5.46. The second kappa shape index (κ2) is 8.65. The number of imide groups is 1. The lowest BCUT2D eigenvalue weighted by Gasteiger charge is -2.34. The third kappa shape index (κ3) is 3.14. The van der Waals surface area contributed by atoms with Crippen molar-refractivity contribution in [1.82, 2.24) is 0 Å². The second-order valence-corrected chi connectivity index (χ2v) is 9.64. The number of amides is 3. The van der Waals surface area contributed by atoms with E-state index in [9.17, 15) is 19.5 Å². The van der Waals surface area contributed by atoms with Gasteiger partial charge in [0.1, 0.15) is 11.5 Å². The van der Waals surface area contributed by atoms with E-state index in [0.29, 0.717) is 61.3 Å². The predicted molar refractivity (Wildman–Crippen MR) is 150 cm³/mol. The Morgan fingerprint density at radius 2 is 1.12 bits per heavy atom. The van der Waals surface area contributed by atoms with E-state index in [0.717, 1.165) is 10.3 Å². The van der Waals surface area contributed by atoms with Crippen molar-refractivity contribution in [2.24, 2.45) is 0 Å². The van der Waals surface area contributed by atoms with Gasteiger partial charge < -0.3 is 14.6 Å². The molecule has 5 aromatic rings. The van der Waals surface area contributed by atoms with Crippen LogP contribution in [0.1, 0.15) is 42.9 Å². The largest absolute Gasteiger partial charge is 0.496 e. The highest BCUT2D eigenvalue weighted by molar-refractivity contribution is 6.36. The van der Waals surface area contributed by atoms with Gasteiger partial charge in [0.15, 0.2) is 6.23 Å². The van der Waals surface area contributed by atoms with Crippen LogP contribution in [0.25, 0.3) is 21.5 Å².